The molecule has 5 heteroatoms. The predicted octanol–water partition coefficient (Wildman–Crippen LogP) is 3.08. The molecule has 19 heavy (non-hydrogen) atoms. The average Bonchev–Trinajstić information content (AvgIpc) is 2.89. The fourth-order valence-electron chi connectivity index (χ4n) is 1.82. The molecule has 0 saturated carbocycles. The molecule has 0 spiro atoms. The third kappa shape index (κ3) is 6.16. The van der Waals surface area contributed by atoms with Crippen molar-refractivity contribution >= 4 is 17.7 Å². The Morgan fingerprint density at radius 2 is 2.16 bits per heavy atom. The van der Waals surface area contributed by atoms with Crippen LogP contribution in [0, 0.1) is 0 Å². The number of nitrogens with one attached hydrogen (secondary N) is 1. The van der Waals surface area contributed by atoms with E-state index in [0.29, 0.717) is 12.3 Å². The standard InChI is InChI=1S/C14H23NO3S/c1-17-14(16)13-12(7-9-18-13)11-15-8-5-3-4-6-10-19-2/h7,9,15H,3-6,8,10-11H2,1-2H3. The summed E-state index contributed by atoms with van der Waals surface area (Å²) in [6, 6.07) is 1.80. The zero-order valence-electron chi connectivity index (χ0n) is 11.7. The first-order chi connectivity index (χ1) is 9.29. The summed E-state index contributed by atoms with van der Waals surface area (Å²) in [5.74, 6) is 1.14. The van der Waals surface area contributed by atoms with E-state index in [1.54, 1.807) is 6.07 Å². The number of methoxy groups -OCH3 is 1. The number of rotatable bonds is 10. The highest BCUT2D eigenvalue weighted by Crippen LogP contribution is 2.11. The lowest BCUT2D eigenvalue weighted by molar-refractivity contribution is 0.0563. The number of furan rings is 1. The van der Waals surface area contributed by atoms with Crippen molar-refractivity contribution in [2.45, 2.75) is 32.2 Å². The van der Waals surface area contributed by atoms with E-state index in [4.69, 9.17) is 4.42 Å². The molecule has 1 aromatic heterocycles. The van der Waals surface area contributed by atoms with E-state index in [1.165, 1.54) is 44.8 Å². The summed E-state index contributed by atoms with van der Waals surface area (Å²) >= 11 is 1.90. The van der Waals surface area contributed by atoms with Gasteiger partial charge in [-0.1, -0.05) is 12.8 Å². The van der Waals surface area contributed by atoms with Crippen molar-refractivity contribution in [2.75, 3.05) is 25.7 Å². The second kappa shape index (κ2) is 9.92. The van der Waals surface area contributed by atoms with E-state index >= 15 is 0 Å². The number of unbranched alkanes of at least 4 members (excludes halogenated alkanes) is 3. The highest BCUT2D eigenvalue weighted by Gasteiger charge is 2.14. The van der Waals surface area contributed by atoms with Gasteiger partial charge in [0.15, 0.2) is 0 Å². The summed E-state index contributed by atoms with van der Waals surface area (Å²) in [7, 11) is 1.36. The molecule has 108 valence electrons. The maximum atomic E-state index is 11.4. The van der Waals surface area contributed by atoms with Crippen LogP contribution in [0.4, 0.5) is 0 Å². The Hall–Kier alpha value is -0.940. The number of hydrogen-bond acceptors (Lipinski definition) is 5. The fourth-order valence-corrected chi connectivity index (χ4v) is 2.31. The number of ether oxygens (including phenoxy) is 1. The summed E-state index contributed by atoms with van der Waals surface area (Å²) in [5, 5.41) is 3.33. The van der Waals surface area contributed by atoms with Crippen LogP contribution < -0.4 is 5.32 Å². The molecule has 0 amide bonds. The molecule has 0 aliphatic carbocycles. The summed E-state index contributed by atoms with van der Waals surface area (Å²) in [5.41, 5.74) is 0.856. The Morgan fingerprint density at radius 3 is 2.89 bits per heavy atom. The molecule has 0 radical (unpaired) electrons. The van der Waals surface area contributed by atoms with Crippen molar-refractivity contribution < 1.29 is 13.9 Å². The maximum absolute atomic E-state index is 11.4. The molecular weight excluding hydrogens is 262 g/mol. The molecule has 4 nitrogen and oxygen atoms in total. The number of carbonyl (C=O) groups excluding carboxylic acids is 1. The van der Waals surface area contributed by atoms with Crippen LogP contribution in [0.25, 0.3) is 0 Å². The second-order valence-electron chi connectivity index (χ2n) is 4.35. The Kier molecular flexibility index (Phi) is 8.41. The van der Waals surface area contributed by atoms with Gasteiger partial charge in [-0.25, -0.2) is 4.79 Å². The van der Waals surface area contributed by atoms with Crippen molar-refractivity contribution in [1.82, 2.24) is 5.32 Å². The predicted molar refractivity (Wildman–Crippen MR) is 78.6 cm³/mol. The minimum Gasteiger partial charge on any atom is -0.463 e. The van der Waals surface area contributed by atoms with Gasteiger partial charge >= 0.3 is 5.97 Å². The SMILES string of the molecule is COC(=O)c1occc1CNCCCCCCSC. The zero-order chi connectivity index (χ0) is 13.9. The van der Waals surface area contributed by atoms with Gasteiger partial charge in [-0.3, -0.25) is 0 Å². The topological polar surface area (TPSA) is 51.5 Å². The van der Waals surface area contributed by atoms with Gasteiger partial charge in [0.05, 0.1) is 13.4 Å². The van der Waals surface area contributed by atoms with Crippen LogP contribution in [0.15, 0.2) is 16.7 Å². The molecule has 0 atom stereocenters. The van der Waals surface area contributed by atoms with Gasteiger partial charge in [-0.05, 0) is 37.5 Å². The Labute approximate surface area is 119 Å². The minimum absolute atomic E-state index is 0.301. The summed E-state index contributed by atoms with van der Waals surface area (Å²) < 4.78 is 9.78. The highest BCUT2D eigenvalue weighted by atomic mass is 32.2. The molecule has 0 bridgehead atoms. The van der Waals surface area contributed by atoms with Gasteiger partial charge in [-0.15, -0.1) is 0 Å². The number of thioether (sulfide) groups is 1. The monoisotopic (exact) mass is 285 g/mol. The average molecular weight is 285 g/mol. The van der Waals surface area contributed by atoms with Crippen molar-refractivity contribution in [3.63, 3.8) is 0 Å². The zero-order valence-corrected chi connectivity index (χ0v) is 12.6. The third-order valence-electron chi connectivity index (χ3n) is 2.89. The summed E-state index contributed by atoms with van der Waals surface area (Å²) in [6.07, 6.45) is 8.68. The number of hydrogen-bond donors (Lipinski definition) is 1. The lowest BCUT2D eigenvalue weighted by Gasteiger charge is -2.04. The molecule has 1 N–H and O–H groups in total. The van der Waals surface area contributed by atoms with Crippen LogP contribution in [0.5, 0.6) is 0 Å². The highest BCUT2D eigenvalue weighted by molar-refractivity contribution is 7.98. The first kappa shape index (κ1) is 16.1. The number of carbonyl (C=O) groups is 1. The van der Waals surface area contributed by atoms with Crippen molar-refractivity contribution in [3.8, 4) is 0 Å². The van der Waals surface area contributed by atoms with E-state index < -0.39 is 5.97 Å². The molecular formula is C14H23NO3S. The third-order valence-corrected chi connectivity index (χ3v) is 3.58. The van der Waals surface area contributed by atoms with E-state index in [1.807, 2.05) is 11.8 Å². The summed E-state index contributed by atoms with van der Waals surface area (Å²) in [4.78, 5) is 11.4. The fraction of sp³-hybridized carbons (Fsp3) is 0.643. The Morgan fingerprint density at radius 1 is 1.37 bits per heavy atom. The summed E-state index contributed by atoms with van der Waals surface area (Å²) in [6.45, 7) is 1.61. The van der Waals surface area contributed by atoms with E-state index in [0.717, 1.165) is 12.1 Å². The molecule has 0 unspecified atom stereocenters. The van der Waals surface area contributed by atoms with Crippen LogP contribution in [0.3, 0.4) is 0 Å². The molecule has 1 aromatic rings. The largest absolute Gasteiger partial charge is 0.463 e. The lowest BCUT2D eigenvalue weighted by atomic mass is 10.2. The molecule has 0 fully saturated rings. The van der Waals surface area contributed by atoms with E-state index in [9.17, 15) is 4.79 Å². The van der Waals surface area contributed by atoms with Gasteiger partial charge in [-0.2, -0.15) is 11.8 Å². The second-order valence-corrected chi connectivity index (χ2v) is 5.34. The van der Waals surface area contributed by atoms with Gasteiger partial charge < -0.3 is 14.5 Å². The van der Waals surface area contributed by atoms with Crippen LogP contribution in [0.1, 0.15) is 41.8 Å². The first-order valence-electron chi connectivity index (χ1n) is 6.64. The van der Waals surface area contributed by atoms with Gasteiger partial charge in [0.2, 0.25) is 5.76 Å². The first-order valence-corrected chi connectivity index (χ1v) is 8.03. The van der Waals surface area contributed by atoms with Crippen molar-refractivity contribution in [1.29, 1.82) is 0 Å². The van der Waals surface area contributed by atoms with Crippen LogP contribution >= 0.6 is 11.8 Å². The van der Waals surface area contributed by atoms with Crippen molar-refractivity contribution in [2.24, 2.45) is 0 Å². The molecule has 1 rings (SSSR count). The Balaban J connectivity index is 2.13. The van der Waals surface area contributed by atoms with Gasteiger partial charge in [0.1, 0.15) is 0 Å². The molecule has 1 heterocycles. The minimum atomic E-state index is -0.418. The van der Waals surface area contributed by atoms with Crippen LogP contribution in [-0.2, 0) is 11.3 Å². The Bertz CT molecular complexity index is 365. The van der Waals surface area contributed by atoms with E-state index in [2.05, 4.69) is 16.3 Å². The van der Waals surface area contributed by atoms with Crippen LogP contribution in [-0.4, -0.2) is 31.6 Å². The molecule has 0 aromatic carbocycles. The normalized spacial score (nSPS) is 10.6. The number of esters is 1. The van der Waals surface area contributed by atoms with Gasteiger partial charge in [0, 0.05) is 12.1 Å². The molecule has 0 saturated heterocycles. The molecule has 0 aliphatic rings. The van der Waals surface area contributed by atoms with Crippen LogP contribution in [0.2, 0.25) is 0 Å². The quantitative estimate of drug-likeness (QED) is 0.529. The van der Waals surface area contributed by atoms with E-state index in [-0.39, 0.29) is 0 Å². The van der Waals surface area contributed by atoms with Gasteiger partial charge in [0.25, 0.3) is 0 Å². The molecule has 0 aliphatic heterocycles. The maximum Gasteiger partial charge on any atom is 0.374 e. The lowest BCUT2D eigenvalue weighted by Crippen LogP contribution is -2.16. The smallest absolute Gasteiger partial charge is 0.374 e. The van der Waals surface area contributed by atoms with Crippen molar-refractivity contribution in [3.05, 3.63) is 23.7 Å².